The Kier molecular flexibility index (Phi) is 4.11. The number of nitrogens with two attached hydrogens (primary N) is 1. The molecule has 0 aliphatic carbocycles. The maximum atomic E-state index is 8.94. The van der Waals surface area contributed by atoms with E-state index in [1.165, 1.54) is 0 Å². The molecular weight excluding hydrogens is 252 g/mol. The van der Waals surface area contributed by atoms with Crippen LogP contribution in [-0.4, -0.2) is 7.11 Å². The zero-order valence-corrected chi connectivity index (χ0v) is 11.5. The molecular formula is C16H16N2O2. The molecule has 0 saturated carbocycles. The first kappa shape index (κ1) is 13.8. The van der Waals surface area contributed by atoms with Crippen molar-refractivity contribution in [2.45, 2.75) is 13.5 Å². The summed E-state index contributed by atoms with van der Waals surface area (Å²) in [5, 5.41) is 8.94. The second kappa shape index (κ2) is 5.98. The summed E-state index contributed by atoms with van der Waals surface area (Å²) in [6.07, 6.45) is 0. The zero-order chi connectivity index (χ0) is 14.5. The number of nitrogen functional groups attached to an aromatic ring is 1. The minimum Gasteiger partial charge on any atom is -0.496 e. The number of benzene rings is 2. The van der Waals surface area contributed by atoms with E-state index in [2.05, 4.69) is 6.07 Å². The van der Waals surface area contributed by atoms with Crippen molar-refractivity contribution >= 4 is 5.69 Å². The van der Waals surface area contributed by atoms with Gasteiger partial charge in [-0.05, 0) is 36.8 Å². The highest BCUT2D eigenvalue weighted by atomic mass is 16.5. The number of aryl methyl sites for hydroxylation is 1. The molecule has 0 saturated heterocycles. The summed E-state index contributed by atoms with van der Waals surface area (Å²) < 4.78 is 11.0. The second-order valence-electron chi connectivity index (χ2n) is 4.45. The topological polar surface area (TPSA) is 68.3 Å². The van der Waals surface area contributed by atoms with E-state index >= 15 is 0 Å². The van der Waals surface area contributed by atoms with Gasteiger partial charge in [0.1, 0.15) is 18.1 Å². The van der Waals surface area contributed by atoms with Gasteiger partial charge in [-0.1, -0.05) is 6.07 Å². The third kappa shape index (κ3) is 3.01. The van der Waals surface area contributed by atoms with Crippen molar-refractivity contribution in [1.82, 2.24) is 0 Å². The first-order valence-electron chi connectivity index (χ1n) is 6.20. The molecule has 102 valence electrons. The summed E-state index contributed by atoms with van der Waals surface area (Å²) in [7, 11) is 1.59. The number of methoxy groups -OCH3 is 1. The van der Waals surface area contributed by atoms with Crippen molar-refractivity contribution in [3.63, 3.8) is 0 Å². The first-order valence-corrected chi connectivity index (χ1v) is 6.20. The lowest BCUT2D eigenvalue weighted by atomic mass is 10.1. The van der Waals surface area contributed by atoms with Crippen LogP contribution in [0.3, 0.4) is 0 Å². The van der Waals surface area contributed by atoms with Crippen LogP contribution in [0, 0.1) is 18.3 Å². The molecule has 0 bridgehead atoms. The fourth-order valence-corrected chi connectivity index (χ4v) is 1.89. The quantitative estimate of drug-likeness (QED) is 0.865. The number of nitriles is 1. The predicted molar refractivity (Wildman–Crippen MR) is 77.6 cm³/mol. The first-order chi connectivity index (χ1) is 9.63. The average molecular weight is 268 g/mol. The Morgan fingerprint density at radius 1 is 1.15 bits per heavy atom. The smallest absolute Gasteiger partial charge is 0.125 e. The van der Waals surface area contributed by atoms with Crippen molar-refractivity contribution in [2.75, 3.05) is 12.8 Å². The molecule has 4 nitrogen and oxygen atoms in total. The summed E-state index contributed by atoms with van der Waals surface area (Å²) in [4.78, 5) is 0. The van der Waals surface area contributed by atoms with Crippen LogP contribution in [0.2, 0.25) is 0 Å². The van der Waals surface area contributed by atoms with E-state index in [0.29, 0.717) is 23.6 Å². The molecule has 2 rings (SSSR count). The fraction of sp³-hybridized carbons (Fsp3) is 0.188. The number of nitrogens with zero attached hydrogens (tertiary/aromatic N) is 1. The van der Waals surface area contributed by atoms with Crippen LogP contribution in [0.4, 0.5) is 5.69 Å². The average Bonchev–Trinajstić information content (AvgIpc) is 2.47. The fourth-order valence-electron chi connectivity index (χ4n) is 1.89. The highest BCUT2D eigenvalue weighted by Crippen LogP contribution is 2.25. The van der Waals surface area contributed by atoms with Crippen LogP contribution in [0.5, 0.6) is 11.5 Å². The monoisotopic (exact) mass is 268 g/mol. The van der Waals surface area contributed by atoms with Gasteiger partial charge in [-0.2, -0.15) is 5.26 Å². The number of anilines is 1. The predicted octanol–water partition coefficient (Wildman–Crippen LogP) is 3.04. The Bertz CT molecular complexity index is 660. The molecule has 20 heavy (non-hydrogen) atoms. The van der Waals surface area contributed by atoms with Gasteiger partial charge in [0.05, 0.1) is 18.7 Å². The Labute approximate surface area is 118 Å². The van der Waals surface area contributed by atoms with Crippen molar-refractivity contribution in [3.8, 4) is 17.6 Å². The summed E-state index contributed by atoms with van der Waals surface area (Å²) >= 11 is 0. The van der Waals surface area contributed by atoms with E-state index in [9.17, 15) is 0 Å². The van der Waals surface area contributed by atoms with Gasteiger partial charge in [-0.15, -0.1) is 0 Å². The Morgan fingerprint density at radius 3 is 2.65 bits per heavy atom. The Balaban J connectivity index is 2.22. The summed E-state index contributed by atoms with van der Waals surface area (Å²) in [5.41, 5.74) is 8.82. The molecule has 0 fully saturated rings. The lowest BCUT2D eigenvalue weighted by Gasteiger charge is -2.12. The van der Waals surface area contributed by atoms with Gasteiger partial charge in [0, 0.05) is 17.3 Å². The zero-order valence-electron chi connectivity index (χ0n) is 11.5. The number of hydrogen-bond acceptors (Lipinski definition) is 4. The van der Waals surface area contributed by atoms with Crippen LogP contribution in [-0.2, 0) is 6.61 Å². The van der Waals surface area contributed by atoms with Gasteiger partial charge in [0.2, 0.25) is 0 Å². The standard InChI is InChI=1S/C16H16N2O2/c1-11-3-5-14(18)8-16(11)20-10-13-7-12(9-17)4-6-15(13)19-2/h3-8H,10,18H2,1-2H3. The number of rotatable bonds is 4. The minimum absolute atomic E-state index is 0.322. The van der Waals surface area contributed by atoms with Crippen molar-refractivity contribution in [1.29, 1.82) is 5.26 Å². The molecule has 4 heteroatoms. The molecule has 0 amide bonds. The van der Waals surface area contributed by atoms with Crippen LogP contribution < -0.4 is 15.2 Å². The third-order valence-corrected chi connectivity index (χ3v) is 3.00. The molecule has 0 aliphatic heterocycles. The van der Waals surface area contributed by atoms with Gasteiger partial charge in [0.25, 0.3) is 0 Å². The maximum Gasteiger partial charge on any atom is 0.125 e. The largest absolute Gasteiger partial charge is 0.496 e. The Morgan fingerprint density at radius 2 is 1.95 bits per heavy atom. The molecule has 0 atom stereocenters. The lowest BCUT2D eigenvalue weighted by Crippen LogP contribution is -2.01. The van der Waals surface area contributed by atoms with Crippen LogP contribution >= 0.6 is 0 Å². The van der Waals surface area contributed by atoms with Gasteiger partial charge in [0.15, 0.2) is 0 Å². The second-order valence-corrected chi connectivity index (χ2v) is 4.45. The van der Waals surface area contributed by atoms with E-state index in [1.807, 2.05) is 19.1 Å². The van der Waals surface area contributed by atoms with Crippen LogP contribution in [0.25, 0.3) is 0 Å². The molecule has 0 heterocycles. The van der Waals surface area contributed by atoms with Crippen molar-refractivity contribution in [2.24, 2.45) is 0 Å². The molecule has 0 aromatic heterocycles. The van der Waals surface area contributed by atoms with E-state index in [4.69, 9.17) is 20.5 Å². The van der Waals surface area contributed by atoms with Crippen molar-refractivity contribution < 1.29 is 9.47 Å². The molecule has 2 aromatic carbocycles. The molecule has 0 aliphatic rings. The number of hydrogen-bond donors (Lipinski definition) is 1. The highest BCUT2D eigenvalue weighted by molar-refractivity contribution is 5.48. The lowest BCUT2D eigenvalue weighted by molar-refractivity contribution is 0.295. The van der Waals surface area contributed by atoms with Gasteiger partial charge < -0.3 is 15.2 Å². The maximum absolute atomic E-state index is 8.94. The van der Waals surface area contributed by atoms with Crippen LogP contribution in [0.15, 0.2) is 36.4 Å². The molecule has 0 unspecified atom stereocenters. The molecule has 2 aromatic rings. The Hall–Kier alpha value is -2.67. The summed E-state index contributed by atoms with van der Waals surface area (Å²) in [6, 6.07) is 12.9. The van der Waals surface area contributed by atoms with E-state index in [0.717, 1.165) is 16.9 Å². The SMILES string of the molecule is COc1ccc(C#N)cc1COc1cc(N)ccc1C. The van der Waals surface area contributed by atoms with E-state index in [-0.39, 0.29) is 0 Å². The van der Waals surface area contributed by atoms with Gasteiger partial charge in [-0.25, -0.2) is 0 Å². The van der Waals surface area contributed by atoms with Gasteiger partial charge in [-0.3, -0.25) is 0 Å². The summed E-state index contributed by atoms with van der Waals surface area (Å²) in [6.45, 7) is 2.28. The highest BCUT2D eigenvalue weighted by Gasteiger charge is 2.07. The molecule has 2 N–H and O–H groups in total. The van der Waals surface area contributed by atoms with E-state index in [1.54, 1.807) is 31.4 Å². The van der Waals surface area contributed by atoms with Crippen molar-refractivity contribution in [3.05, 3.63) is 53.1 Å². The van der Waals surface area contributed by atoms with Crippen LogP contribution in [0.1, 0.15) is 16.7 Å². The minimum atomic E-state index is 0.322. The van der Waals surface area contributed by atoms with Gasteiger partial charge >= 0.3 is 0 Å². The molecule has 0 spiro atoms. The van der Waals surface area contributed by atoms with E-state index < -0.39 is 0 Å². The normalized spacial score (nSPS) is 9.85. The number of ether oxygens (including phenoxy) is 2. The summed E-state index contributed by atoms with van der Waals surface area (Å²) in [5.74, 6) is 1.43. The molecule has 0 radical (unpaired) electrons. The third-order valence-electron chi connectivity index (χ3n) is 3.00.